The van der Waals surface area contributed by atoms with Gasteiger partial charge in [-0.2, -0.15) is 18.3 Å². The number of hydrogen-bond donors (Lipinski definition) is 2. The first-order valence-electron chi connectivity index (χ1n) is 9.01. The van der Waals surface area contributed by atoms with E-state index in [-0.39, 0.29) is 42.0 Å². The molecule has 0 amide bonds. The number of halogens is 4. The number of alkyl halides is 3. The Morgan fingerprint density at radius 2 is 2.00 bits per heavy atom. The molecule has 28 heavy (non-hydrogen) atoms. The molecule has 9 heteroatoms. The van der Waals surface area contributed by atoms with E-state index in [0.717, 1.165) is 36.8 Å². The monoisotopic (exact) mass is 507 g/mol. The van der Waals surface area contributed by atoms with Crippen molar-refractivity contribution in [1.29, 1.82) is 0 Å². The van der Waals surface area contributed by atoms with E-state index in [1.165, 1.54) is 17.2 Å². The molecule has 1 fully saturated rings. The van der Waals surface area contributed by atoms with Crippen LogP contribution in [0.25, 0.3) is 5.69 Å². The Hall–Kier alpha value is -1.78. The van der Waals surface area contributed by atoms with Crippen LogP contribution in [0.1, 0.15) is 41.8 Å². The zero-order valence-electron chi connectivity index (χ0n) is 15.9. The molecule has 0 aliphatic heterocycles. The van der Waals surface area contributed by atoms with Crippen molar-refractivity contribution in [2.75, 3.05) is 6.54 Å². The van der Waals surface area contributed by atoms with Crippen molar-refractivity contribution in [1.82, 2.24) is 15.1 Å². The number of nitrogens with zero attached hydrogens (tertiary/aromatic N) is 3. The van der Waals surface area contributed by atoms with Crippen LogP contribution in [0.2, 0.25) is 0 Å². The summed E-state index contributed by atoms with van der Waals surface area (Å²) in [6, 6.07) is 6.00. The number of nitrogens with one attached hydrogen (secondary N) is 1. The first kappa shape index (κ1) is 22.5. The van der Waals surface area contributed by atoms with Crippen LogP contribution >= 0.6 is 24.0 Å². The van der Waals surface area contributed by atoms with E-state index < -0.39 is 11.7 Å². The molecule has 1 aromatic heterocycles. The molecule has 3 rings (SSSR count). The highest BCUT2D eigenvalue weighted by Crippen LogP contribution is 2.34. The quantitative estimate of drug-likeness (QED) is 0.360. The molecular weight excluding hydrogens is 482 g/mol. The lowest BCUT2D eigenvalue weighted by molar-refractivity contribution is -0.138. The van der Waals surface area contributed by atoms with Gasteiger partial charge in [0.15, 0.2) is 5.96 Å². The summed E-state index contributed by atoms with van der Waals surface area (Å²) in [6.45, 7) is 4.20. The van der Waals surface area contributed by atoms with Crippen LogP contribution in [0.3, 0.4) is 0 Å². The topological polar surface area (TPSA) is 68.2 Å². The Kier molecular flexibility index (Phi) is 7.35. The van der Waals surface area contributed by atoms with Gasteiger partial charge in [-0.1, -0.05) is 12.5 Å². The summed E-state index contributed by atoms with van der Waals surface area (Å²) in [5.41, 5.74) is 7.06. The summed E-state index contributed by atoms with van der Waals surface area (Å²) < 4.78 is 42.2. The molecule has 154 valence electrons. The normalized spacial score (nSPS) is 15.1. The third-order valence-corrected chi connectivity index (χ3v) is 4.87. The molecule has 2 aromatic rings. The van der Waals surface area contributed by atoms with Crippen molar-refractivity contribution in [3.63, 3.8) is 0 Å². The number of rotatable bonds is 5. The molecular formula is C19H25F3IN5. The predicted octanol–water partition coefficient (Wildman–Crippen LogP) is 4.33. The maximum Gasteiger partial charge on any atom is 0.416 e. The summed E-state index contributed by atoms with van der Waals surface area (Å²) in [5, 5.41) is 7.25. The summed E-state index contributed by atoms with van der Waals surface area (Å²) in [5.74, 6) is 0.766. The van der Waals surface area contributed by atoms with E-state index in [9.17, 15) is 13.2 Å². The van der Waals surface area contributed by atoms with Gasteiger partial charge < -0.3 is 11.1 Å². The predicted molar refractivity (Wildman–Crippen MR) is 114 cm³/mol. The molecule has 1 saturated carbocycles. The molecule has 0 saturated heterocycles. The summed E-state index contributed by atoms with van der Waals surface area (Å²) in [7, 11) is 0. The second-order valence-electron chi connectivity index (χ2n) is 7.06. The van der Waals surface area contributed by atoms with Gasteiger partial charge in [-0.25, -0.2) is 9.67 Å². The van der Waals surface area contributed by atoms with E-state index in [1.54, 1.807) is 19.9 Å². The van der Waals surface area contributed by atoms with Crippen LogP contribution in [0.15, 0.2) is 29.3 Å². The first-order valence-corrected chi connectivity index (χ1v) is 9.01. The highest BCUT2D eigenvalue weighted by Gasteiger charge is 2.33. The summed E-state index contributed by atoms with van der Waals surface area (Å²) >= 11 is 0. The van der Waals surface area contributed by atoms with Crippen molar-refractivity contribution in [3.05, 3.63) is 46.8 Å². The summed E-state index contributed by atoms with van der Waals surface area (Å²) in [6.07, 6.45) is -0.941. The largest absolute Gasteiger partial charge is 0.416 e. The van der Waals surface area contributed by atoms with Gasteiger partial charge in [0.05, 0.1) is 23.5 Å². The maximum atomic E-state index is 13.6. The molecule has 0 unspecified atom stereocenters. The van der Waals surface area contributed by atoms with Crippen LogP contribution in [0, 0.1) is 19.8 Å². The molecule has 1 aliphatic carbocycles. The molecule has 0 bridgehead atoms. The molecule has 1 aliphatic rings. The van der Waals surface area contributed by atoms with Crippen LogP contribution in [0.4, 0.5) is 13.2 Å². The third kappa shape index (κ3) is 5.39. The van der Waals surface area contributed by atoms with Crippen molar-refractivity contribution < 1.29 is 13.2 Å². The Labute approximate surface area is 179 Å². The van der Waals surface area contributed by atoms with E-state index >= 15 is 0 Å². The van der Waals surface area contributed by atoms with Gasteiger partial charge in [-0.15, -0.1) is 24.0 Å². The van der Waals surface area contributed by atoms with Crippen molar-refractivity contribution in [2.24, 2.45) is 16.6 Å². The molecule has 1 aromatic carbocycles. The van der Waals surface area contributed by atoms with Crippen LogP contribution < -0.4 is 11.1 Å². The summed E-state index contributed by atoms with van der Waals surface area (Å²) in [4.78, 5) is 4.08. The number of guanidine groups is 1. The van der Waals surface area contributed by atoms with Crippen LogP contribution in [0.5, 0.6) is 0 Å². The molecule has 0 atom stereocenters. The SMILES string of the molecule is Cc1cc(C)n(-c2ccc(CN=C(N)NCC3CCC3)c(C(F)(F)F)c2)n1.I. The number of benzene rings is 1. The van der Waals surface area contributed by atoms with Crippen molar-refractivity contribution in [2.45, 2.75) is 45.8 Å². The Morgan fingerprint density at radius 1 is 1.29 bits per heavy atom. The number of nitrogens with two attached hydrogens (primary N) is 1. The fourth-order valence-corrected chi connectivity index (χ4v) is 3.16. The van der Waals surface area contributed by atoms with E-state index in [4.69, 9.17) is 5.73 Å². The van der Waals surface area contributed by atoms with Gasteiger partial charge >= 0.3 is 6.18 Å². The number of aromatic nitrogens is 2. The van der Waals surface area contributed by atoms with Gasteiger partial charge in [0.1, 0.15) is 0 Å². The number of aliphatic imine (C=N–C) groups is 1. The van der Waals surface area contributed by atoms with Gasteiger partial charge in [0.2, 0.25) is 0 Å². The zero-order chi connectivity index (χ0) is 19.6. The lowest BCUT2D eigenvalue weighted by Gasteiger charge is -2.25. The van der Waals surface area contributed by atoms with Crippen LogP contribution in [-0.2, 0) is 12.7 Å². The number of aryl methyl sites for hydroxylation is 2. The average Bonchev–Trinajstić information content (AvgIpc) is 2.89. The van der Waals surface area contributed by atoms with E-state index in [1.807, 2.05) is 6.07 Å². The van der Waals surface area contributed by atoms with Gasteiger partial charge in [0.25, 0.3) is 0 Å². The highest BCUT2D eigenvalue weighted by atomic mass is 127. The fraction of sp³-hybridized carbons (Fsp3) is 0.474. The number of hydrogen-bond acceptors (Lipinski definition) is 2. The Morgan fingerprint density at radius 3 is 2.54 bits per heavy atom. The molecule has 5 nitrogen and oxygen atoms in total. The van der Waals surface area contributed by atoms with Crippen molar-refractivity contribution >= 4 is 29.9 Å². The minimum Gasteiger partial charge on any atom is -0.370 e. The third-order valence-electron chi connectivity index (χ3n) is 4.87. The molecule has 1 heterocycles. The standard InChI is InChI=1S/C19H24F3N5.HI/c1-12-8-13(2)27(26-12)16-7-6-15(17(9-16)19(20,21)22)11-25-18(23)24-10-14-4-3-5-14;/h6-9,14H,3-5,10-11H2,1-2H3,(H3,23,24,25);1H. The Balaban J connectivity index is 0.00000280. The van der Waals surface area contributed by atoms with Gasteiger partial charge in [-0.3, -0.25) is 0 Å². The average molecular weight is 507 g/mol. The Bertz CT molecular complexity index is 841. The molecule has 0 spiro atoms. The van der Waals surface area contributed by atoms with E-state index in [2.05, 4.69) is 15.4 Å². The lowest BCUT2D eigenvalue weighted by atomic mass is 9.85. The second-order valence-corrected chi connectivity index (χ2v) is 7.06. The minimum atomic E-state index is -4.48. The highest BCUT2D eigenvalue weighted by molar-refractivity contribution is 14.0. The first-order chi connectivity index (χ1) is 12.7. The van der Waals surface area contributed by atoms with Crippen LogP contribution in [-0.4, -0.2) is 22.3 Å². The smallest absolute Gasteiger partial charge is 0.370 e. The lowest BCUT2D eigenvalue weighted by Crippen LogP contribution is -2.37. The second kappa shape index (κ2) is 9.15. The minimum absolute atomic E-state index is 0. The van der Waals surface area contributed by atoms with Gasteiger partial charge in [0, 0.05) is 12.2 Å². The van der Waals surface area contributed by atoms with Crippen molar-refractivity contribution in [3.8, 4) is 5.69 Å². The van der Waals surface area contributed by atoms with Gasteiger partial charge in [-0.05, 0) is 56.4 Å². The van der Waals surface area contributed by atoms with E-state index in [0.29, 0.717) is 11.6 Å². The molecule has 0 radical (unpaired) electrons. The fourth-order valence-electron chi connectivity index (χ4n) is 3.16. The zero-order valence-corrected chi connectivity index (χ0v) is 18.2. The maximum absolute atomic E-state index is 13.6. The molecule has 3 N–H and O–H groups in total.